The number of benzene rings is 9. The quantitative estimate of drug-likeness (QED) is 0.157. The van der Waals surface area contributed by atoms with Gasteiger partial charge in [-0.1, -0.05) is 172 Å². The van der Waals surface area contributed by atoms with Crippen LogP contribution in [-0.4, -0.2) is 4.57 Å². The third-order valence-electron chi connectivity index (χ3n) is 12.4. The second-order valence-electron chi connectivity index (χ2n) is 16.2. The molecule has 59 heavy (non-hydrogen) atoms. The van der Waals surface area contributed by atoms with E-state index in [1.807, 2.05) is 0 Å². The van der Waals surface area contributed by atoms with Gasteiger partial charge in [0.2, 0.25) is 0 Å². The van der Waals surface area contributed by atoms with Crippen LogP contribution in [-0.2, 0) is 5.41 Å². The van der Waals surface area contributed by atoms with Crippen LogP contribution in [0, 0.1) is 0 Å². The molecule has 0 unspecified atom stereocenters. The molecule has 0 saturated heterocycles. The van der Waals surface area contributed by atoms with Crippen molar-refractivity contribution >= 4 is 38.9 Å². The average Bonchev–Trinajstić information content (AvgIpc) is 3.76. The number of para-hydroxylation sites is 2. The third kappa shape index (κ3) is 5.79. The van der Waals surface area contributed by atoms with E-state index >= 15 is 0 Å². The number of anilines is 3. The summed E-state index contributed by atoms with van der Waals surface area (Å²) < 4.78 is 2.41. The zero-order valence-corrected chi connectivity index (χ0v) is 33.2. The lowest BCUT2D eigenvalue weighted by Gasteiger charge is -2.28. The zero-order valence-electron chi connectivity index (χ0n) is 33.2. The first-order valence-electron chi connectivity index (χ1n) is 20.5. The molecule has 0 spiro atoms. The normalized spacial score (nSPS) is 12.7. The molecule has 9 aromatic carbocycles. The van der Waals surface area contributed by atoms with Crippen LogP contribution in [0.15, 0.2) is 218 Å². The first-order valence-corrected chi connectivity index (χ1v) is 20.5. The molecule has 1 aliphatic rings. The molecule has 1 heterocycles. The van der Waals surface area contributed by atoms with Gasteiger partial charge in [0.1, 0.15) is 0 Å². The Morgan fingerprint density at radius 1 is 0.356 bits per heavy atom. The van der Waals surface area contributed by atoms with Gasteiger partial charge in [0, 0.05) is 38.9 Å². The summed E-state index contributed by atoms with van der Waals surface area (Å²) >= 11 is 0. The maximum atomic E-state index is 2.43. The minimum Gasteiger partial charge on any atom is -0.310 e. The van der Waals surface area contributed by atoms with Crippen LogP contribution in [0.2, 0.25) is 0 Å². The van der Waals surface area contributed by atoms with E-state index in [9.17, 15) is 0 Å². The van der Waals surface area contributed by atoms with Crippen molar-refractivity contribution in [3.05, 3.63) is 230 Å². The second-order valence-corrected chi connectivity index (χ2v) is 16.2. The highest BCUT2D eigenvalue weighted by Gasteiger charge is 2.37. The smallest absolute Gasteiger partial charge is 0.0541 e. The summed E-state index contributed by atoms with van der Waals surface area (Å²) in [4.78, 5) is 2.40. The first kappa shape index (κ1) is 34.8. The van der Waals surface area contributed by atoms with Crippen LogP contribution in [0.4, 0.5) is 17.1 Å². The summed E-state index contributed by atoms with van der Waals surface area (Å²) in [7, 11) is 0. The molecule has 0 N–H and O–H groups in total. The maximum absolute atomic E-state index is 2.43. The molecule has 1 aromatic heterocycles. The number of hydrogen-bond donors (Lipinski definition) is 0. The van der Waals surface area contributed by atoms with Gasteiger partial charge in [-0.3, -0.25) is 0 Å². The largest absolute Gasteiger partial charge is 0.310 e. The Balaban J connectivity index is 1.03. The van der Waals surface area contributed by atoms with Gasteiger partial charge in [0.25, 0.3) is 0 Å². The number of fused-ring (bicyclic) bond motifs is 6. The molecule has 10 aromatic rings. The summed E-state index contributed by atoms with van der Waals surface area (Å²) in [5.74, 6) is 0. The van der Waals surface area contributed by atoms with Crippen LogP contribution < -0.4 is 4.90 Å². The van der Waals surface area contributed by atoms with E-state index in [0.717, 1.165) is 22.7 Å². The number of aromatic nitrogens is 1. The zero-order chi connectivity index (χ0) is 39.5. The molecule has 0 radical (unpaired) electrons. The molecular formula is C57H42N2. The highest BCUT2D eigenvalue weighted by Crippen LogP contribution is 2.54. The van der Waals surface area contributed by atoms with Crippen molar-refractivity contribution in [1.29, 1.82) is 0 Å². The van der Waals surface area contributed by atoms with Gasteiger partial charge in [-0.15, -0.1) is 0 Å². The van der Waals surface area contributed by atoms with E-state index in [2.05, 4.69) is 242 Å². The Morgan fingerprint density at radius 3 is 1.44 bits per heavy atom. The number of rotatable bonds is 7. The molecule has 280 valence electrons. The molecule has 0 aliphatic heterocycles. The fraction of sp³-hybridized carbons (Fsp3) is 0.0526. The summed E-state index contributed by atoms with van der Waals surface area (Å²) in [5, 5.41) is 2.54. The van der Waals surface area contributed by atoms with Crippen LogP contribution in [0.25, 0.3) is 72.0 Å². The van der Waals surface area contributed by atoms with E-state index < -0.39 is 0 Å². The fourth-order valence-electron chi connectivity index (χ4n) is 9.48. The highest BCUT2D eigenvalue weighted by atomic mass is 15.1. The number of hydrogen-bond acceptors (Lipinski definition) is 1. The molecule has 0 amide bonds. The SMILES string of the molecule is CC1(C)c2cc(N(c3ccc(-c4ccccc4)cc3)c3ccc(-c4ccccc4)cc3)ccc2-c2c(-c3cccc(-n4c5ccccc5c5ccccc54)c3)cccc21. The Labute approximate surface area is 345 Å². The van der Waals surface area contributed by atoms with Gasteiger partial charge < -0.3 is 9.47 Å². The van der Waals surface area contributed by atoms with E-state index in [1.54, 1.807) is 0 Å². The molecule has 11 rings (SSSR count). The summed E-state index contributed by atoms with van der Waals surface area (Å²) in [6, 6.07) is 79.7. The van der Waals surface area contributed by atoms with E-state index in [-0.39, 0.29) is 5.41 Å². The summed E-state index contributed by atoms with van der Waals surface area (Å²) in [6.45, 7) is 4.76. The van der Waals surface area contributed by atoms with Gasteiger partial charge in [-0.25, -0.2) is 0 Å². The average molecular weight is 755 g/mol. The predicted octanol–water partition coefficient (Wildman–Crippen LogP) is 15.6. The van der Waals surface area contributed by atoms with Gasteiger partial charge in [-0.05, 0) is 116 Å². The molecule has 1 aliphatic carbocycles. The molecule has 0 saturated carbocycles. The van der Waals surface area contributed by atoms with Crippen molar-refractivity contribution in [2.75, 3.05) is 4.90 Å². The van der Waals surface area contributed by atoms with Crippen molar-refractivity contribution in [2.24, 2.45) is 0 Å². The second kappa shape index (κ2) is 13.9. The Kier molecular flexibility index (Phi) is 8.20. The van der Waals surface area contributed by atoms with Crippen LogP contribution in [0.1, 0.15) is 25.0 Å². The molecule has 0 bridgehead atoms. The van der Waals surface area contributed by atoms with Gasteiger partial charge in [0.05, 0.1) is 11.0 Å². The van der Waals surface area contributed by atoms with Gasteiger partial charge >= 0.3 is 0 Å². The lowest BCUT2D eigenvalue weighted by atomic mass is 9.81. The molecule has 0 fully saturated rings. The van der Waals surface area contributed by atoms with Crippen LogP contribution in [0.5, 0.6) is 0 Å². The topological polar surface area (TPSA) is 8.17 Å². The molecule has 0 atom stereocenters. The fourth-order valence-corrected chi connectivity index (χ4v) is 9.48. The van der Waals surface area contributed by atoms with E-state index in [0.29, 0.717) is 0 Å². The predicted molar refractivity (Wildman–Crippen MR) is 249 cm³/mol. The maximum Gasteiger partial charge on any atom is 0.0541 e. The van der Waals surface area contributed by atoms with Crippen molar-refractivity contribution in [3.8, 4) is 50.2 Å². The van der Waals surface area contributed by atoms with Crippen molar-refractivity contribution in [2.45, 2.75) is 19.3 Å². The lowest BCUT2D eigenvalue weighted by Crippen LogP contribution is -2.16. The van der Waals surface area contributed by atoms with Crippen LogP contribution >= 0.6 is 0 Å². The van der Waals surface area contributed by atoms with Crippen molar-refractivity contribution in [1.82, 2.24) is 4.57 Å². The Hall–Kier alpha value is -7.42. The minimum atomic E-state index is -0.207. The summed E-state index contributed by atoms with van der Waals surface area (Å²) in [6.07, 6.45) is 0. The Bertz CT molecular complexity index is 3020. The van der Waals surface area contributed by atoms with Gasteiger partial charge in [-0.2, -0.15) is 0 Å². The van der Waals surface area contributed by atoms with Crippen molar-refractivity contribution < 1.29 is 0 Å². The Morgan fingerprint density at radius 2 is 0.847 bits per heavy atom. The standard InChI is InChI=1S/C57H42N2/c1-57(2)52-24-14-23-48(43-19-13-20-46(37-43)59-54-25-11-9-21-49(54)50-22-10-12-26-55(50)59)56(52)51-36-35-47(38-53(51)57)58(44-31-27-41(28-32-44)39-15-5-3-6-16-39)45-33-29-42(30-34-45)40-17-7-4-8-18-40/h3-38H,1-2H3. The highest BCUT2D eigenvalue weighted by molar-refractivity contribution is 6.09. The monoisotopic (exact) mass is 754 g/mol. The van der Waals surface area contributed by atoms with Crippen molar-refractivity contribution in [3.63, 3.8) is 0 Å². The summed E-state index contributed by atoms with van der Waals surface area (Å²) in [5.41, 5.74) is 19.4. The van der Waals surface area contributed by atoms with Gasteiger partial charge in [0.15, 0.2) is 0 Å². The molecular weight excluding hydrogens is 713 g/mol. The molecule has 2 heteroatoms. The lowest BCUT2D eigenvalue weighted by molar-refractivity contribution is 0.660. The minimum absolute atomic E-state index is 0.207. The van der Waals surface area contributed by atoms with E-state index in [1.165, 1.54) is 77.4 Å². The van der Waals surface area contributed by atoms with E-state index in [4.69, 9.17) is 0 Å². The van der Waals surface area contributed by atoms with Crippen LogP contribution in [0.3, 0.4) is 0 Å². The molecule has 2 nitrogen and oxygen atoms in total. The third-order valence-corrected chi connectivity index (χ3v) is 12.4. The number of nitrogens with zero attached hydrogens (tertiary/aromatic N) is 2. The first-order chi connectivity index (χ1) is 29.0.